The lowest BCUT2D eigenvalue weighted by Gasteiger charge is -2.31. The Morgan fingerprint density at radius 2 is 1.83 bits per heavy atom. The number of carbonyl (C=O) groups is 1. The van der Waals surface area contributed by atoms with E-state index in [1.54, 1.807) is 0 Å². The first-order chi connectivity index (χ1) is 11.1. The number of aryl methyl sites for hydroxylation is 1. The second-order valence-corrected chi connectivity index (χ2v) is 7.52. The highest BCUT2D eigenvalue weighted by molar-refractivity contribution is 7.99. The van der Waals surface area contributed by atoms with E-state index in [1.807, 2.05) is 36.0 Å². The molecule has 1 N–H and O–H groups in total. The van der Waals surface area contributed by atoms with Gasteiger partial charge in [0.25, 0.3) is 0 Å². The number of nitrogens with one attached hydrogen (secondary N) is 1. The third kappa shape index (κ3) is 4.10. The van der Waals surface area contributed by atoms with Gasteiger partial charge in [0, 0.05) is 28.6 Å². The lowest BCUT2D eigenvalue weighted by atomic mass is 9.89. The van der Waals surface area contributed by atoms with Crippen molar-refractivity contribution >= 4 is 34.8 Å². The Morgan fingerprint density at radius 3 is 2.48 bits per heavy atom. The molecule has 3 rings (SSSR count). The first kappa shape index (κ1) is 16.4. The number of hydrogen-bond donors (Lipinski definition) is 1. The summed E-state index contributed by atoms with van der Waals surface area (Å²) in [6.45, 7) is 2.08. The van der Waals surface area contributed by atoms with E-state index in [9.17, 15) is 4.79 Å². The number of rotatable bonds is 4. The van der Waals surface area contributed by atoms with Crippen LogP contribution in [0.3, 0.4) is 0 Å². The summed E-state index contributed by atoms with van der Waals surface area (Å²) in [5.74, 6) is 2.18. The average Bonchev–Trinajstić information content (AvgIpc) is 2.56. The van der Waals surface area contributed by atoms with Crippen LogP contribution in [-0.2, 0) is 4.79 Å². The van der Waals surface area contributed by atoms with Crippen LogP contribution in [0.2, 0.25) is 5.02 Å². The summed E-state index contributed by atoms with van der Waals surface area (Å²) in [4.78, 5) is 12.4. The Bertz CT molecular complexity index is 669. The molecule has 2 aromatic carbocycles. The topological polar surface area (TPSA) is 29.1 Å². The zero-order valence-corrected chi connectivity index (χ0v) is 14.7. The molecule has 4 heteroatoms. The molecule has 1 aliphatic heterocycles. The van der Waals surface area contributed by atoms with Crippen molar-refractivity contribution in [2.75, 3.05) is 16.8 Å². The molecule has 2 nitrogen and oxygen atoms in total. The molecular weight excluding hydrogens is 326 g/mol. The van der Waals surface area contributed by atoms with Gasteiger partial charge in [0.1, 0.15) is 5.78 Å². The number of carbonyl (C=O) groups excluding carboxylic acids is 1. The van der Waals surface area contributed by atoms with Crippen LogP contribution in [0.5, 0.6) is 0 Å². The van der Waals surface area contributed by atoms with Gasteiger partial charge in [-0.1, -0.05) is 41.4 Å². The van der Waals surface area contributed by atoms with Crippen molar-refractivity contribution in [3.63, 3.8) is 0 Å². The highest BCUT2D eigenvalue weighted by Gasteiger charge is 2.31. The minimum absolute atomic E-state index is 0.00271. The van der Waals surface area contributed by atoms with Crippen molar-refractivity contribution in [2.24, 2.45) is 5.92 Å². The molecule has 2 atom stereocenters. The molecule has 0 unspecified atom stereocenters. The fourth-order valence-electron chi connectivity index (χ4n) is 2.86. The summed E-state index contributed by atoms with van der Waals surface area (Å²) in [5.41, 5.74) is 3.37. The summed E-state index contributed by atoms with van der Waals surface area (Å²) in [5, 5.41) is 4.26. The van der Waals surface area contributed by atoms with Gasteiger partial charge in [-0.05, 0) is 36.8 Å². The second-order valence-electron chi connectivity index (χ2n) is 5.94. The van der Waals surface area contributed by atoms with E-state index < -0.39 is 0 Å². The Hall–Kier alpha value is -1.45. The molecule has 1 saturated heterocycles. The van der Waals surface area contributed by atoms with E-state index in [0.717, 1.165) is 22.8 Å². The molecule has 0 aromatic heterocycles. The Balaban J connectivity index is 1.90. The van der Waals surface area contributed by atoms with Crippen molar-refractivity contribution < 1.29 is 4.79 Å². The molecule has 1 fully saturated rings. The van der Waals surface area contributed by atoms with Crippen LogP contribution < -0.4 is 5.32 Å². The number of halogens is 1. The molecule has 0 saturated carbocycles. The molecule has 1 aliphatic rings. The van der Waals surface area contributed by atoms with Gasteiger partial charge >= 0.3 is 0 Å². The van der Waals surface area contributed by atoms with Gasteiger partial charge in [-0.25, -0.2) is 0 Å². The zero-order valence-electron chi connectivity index (χ0n) is 13.1. The number of anilines is 1. The van der Waals surface area contributed by atoms with Gasteiger partial charge in [-0.15, -0.1) is 0 Å². The predicted octanol–water partition coefficient (Wildman–Crippen LogP) is 5.12. The first-order valence-electron chi connectivity index (χ1n) is 7.82. The van der Waals surface area contributed by atoms with Crippen molar-refractivity contribution in [3.05, 3.63) is 64.7 Å². The van der Waals surface area contributed by atoms with Crippen LogP contribution >= 0.6 is 23.4 Å². The molecule has 0 radical (unpaired) electrons. The lowest BCUT2D eigenvalue weighted by molar-refractivity contribution is -0.122. The quantitative estimate of drug-likeness (QED) is 0.833. The molecular formula is C19H20ClNOS. The SMILES string of the molecule is Cc1ccc([C@H](Nc2ccc(Cl)cc2)[C@@H]2CSCCC2=O)cc1. The normalized spacial score (nSPS) is 19.4. The fraction of sp³-hybridized carbons (Fsp3) is 0.316. The van der Waals surface area contributed by atoms with Crippen molar-refractivity contribution in [1.29, 1.82) is 0 Å². The first-order valence-corrected chi connectivity index (χ1v) is 9.36. The lowest BCUT2D eigenvalue weighted by Crippen LogP contribution is -2.32. The van der Waals surface area contributed by atoms with Crippen LogP contribution in [0.25, 0.3) is 0 Å². The summed E-state index contributed by atoms with van der Waals surface area (Å²) in [6, 6.07) is 16.1. The Morgan fingerprint density at radius 1 is 1.13 bits per heavy atom. The smallest absolute Gasteiger partial charge is 0.140 e. The van der Waals surface area contributed by atoms with Crippen LogP contribution in [0.15, 0.2) is 48.5 Å². The van der Waals surface area contributed by atoms with Gasteiger partial charge < -0.3 is 5.32 Å². The molecule has 120 valence electrons. The summed E-state index contributed by atoms with van der Waals surface area (Å²) >= 11 is 7.83. The zero-order chi connectivity index (χ0) is 16.2. The molecule has 0 amide bonds. The number of hydrogen-bond acceptors (Lipinski definition) is 3. The Kier molecular flexibility index (Phi) is 5.29. The molecule has 23 heavy (non-hydrogen) atoms. The number of thioether (sulfide) groups is 1. The maximum absolute atomic E-state index is 12.4. The van der Waals surface area contributed by atoms with Crippen molar-refractivity contribution in [2.45, 2.75) is 19.4 Å². The van der Waals surface area contributed by atoms with E-state index in [1.165, 1.54) is 5.56 Å². The molecule has 1 heterocycles. The van der Waals surface area contributed by atoms with Crippen LogP contribution in [0.4, 0.5) is 5.69 Å². The number of Topliss-reactive ketones (excluding diaryl/α,β-unsaturated/α-hetero) is 1. The van der Waals surface area contributed by atoms with E-state index >= 15 is 0 Å². The monoisotopic (exact) mass is 345 g/mol. The highest BCUT2D eigenvalue weighted by Crippen LogP contribution is 2.34. The largest absolute Gasteiger partial charge is 0.377 e. The van der Waals surface area contributed by atoms with E-state index in [4.69, 9.17) is 11.6 Å². The minimum atomic E-state index is -0.00271. The third-order valence-corrected chi connectivity index (χ3v) is 5.55. The Labute approximate surface area is 146 Å². The number of ketones is 1. The van der Waals surface area contributed by atoms with E-state index in [2.05, 4.69) is 36.5 Å². The standard InChI is InChI=1S/C19H20ClNOS/c1-13-2-4-14(5-3-13)19(17-12-23-11-10-18(17)22)21-16-8-6-15(20)7-9-16/h2-9,17,19,21H,10-12H2,1H3/t17-,19+/m1/s1. The summed E-state index contributed by atoms with van der Waals surface area (Å²) in [6.07, 6.45) is 0.667. The van der Waals surface area contributed by atoms with Crippen LogP contribution in [-0.4, -0.2) is 17.3 Å². The second kappa shape index (κ2) is 7.41. The predicted molar refractivity (Wildman–Crippen MR) is 99.4 cm³/mol. The van der Waals surface area contributed by atoms with Gasteiger partial charge in [-0.2, -0.15) is 11.8 Å². The van der Waals surface area contributed by atoms with Crippen molar-refractivity contribution in [1.82, 2.24) is 0 Å². The third-order valence-electron chi connectivity index (χ3n) is 4.21. The van der Waals surface area contributed by atoms with Crippen LogP contribution in [0, 0.1) is 12.8 Å². The molecule has 0 aliphatic carbocycles. The number of benzene rings is 2. The fourth-order valence-corrected chi connectivity index (χ4v) is 4.13. The molecule has 0 bridgehead atoms. The summed E-state index contributed by atoms with van der Waals surface area (Å²) < 4.78 is 0. The minimum Gasteiger partial charge on any atom is -0.377 e. The highest BCUT2D eigenvalue weighted by atomic mass is 35.5. The van der Waals surface area contributed by atoms with Crippen LogP contribution in [0.1, 0.15) is 23.6 Å². The van der Waals surface area contributed by atoms with Gasteiger partial charge in [-0.3, -0.25) is 4.79 Å². The van der Waals surface area contributed by atoms with E-state index in [0.29, 0.717) is 17.2 Å². The molecule has 2 aromatic rings. The van der Waals surface area contributed by atoms with Crippen molar-refractivity contribution in [3.8, 4) is 0 Å². The maximum atomic E-state index is 12.4. The average molecular weight is 346 g/mol. The summed E-state index contributed by atoms with van der Waals surface area (Å²) in [7, 11) is 0. The van der Waals surface area contributed by atoms with Gasteiger partial charge in [0.2, 0.25) is 0 Å². The van der Waals surface area contributed by atoms with Gasteiger partial charge in [0.15, 0.2) is 0 Å². The van der Waals surface area contributed by atoms with Gasteiger partial charge in [0.05, 0.1) is 12.0 Å². The molecule has 0 spiro atoms. The van der Waals surface area contributed by atoms with E-state index in [-0.39, 0.29) is 12.0 Å². The maximum Gasteiger partial charge on any atom is 0.140 e.